The lowest BCUT2D eigenvalue weighted by Crippen LogP contribution is -2.41. The Labute approximate surface area is 104 Å². The van der Waals surface area contributed by atoms with Crippen LogP contribution in [0.4, 0.5) is 0 Å². The summed E-state index contributed by atoms with van der Waals surface area (Å²) < 4.78 is 5.37. The van der Waals surface area contributed by atoms with Crippen molar-refractivity contribution in [2.75, 3.05) is 26.3 Å². The number of benzene rings is 1. The minimum atomic E-state index is 0.485. The zero-order chi connectivity index (χ0) is 12.1. The number of ether oxygens (including phenoxy) is 1. The van der Waals surface area contributed by atoms with Crippen molar-refractivity contribution >= 4 is 6.08 Å². The van der Waals surface area contributed by atoms with Crippen molar-refractivity contribution in [1.29, 1.82) is 0 Å². The lowest BCUT2D eigenvalue weighted by atomic mass is 10.1. The Bertz CT molecular complexity index is 380. The number of morpholine rings is 1. The van der Waals surface area contributed by atoms with Crippen molar-refractivity contribution in [1.82, 2.24) is 4.90 Å². The summed E-state index contributed by atoms with van der Waals surface area (Å²) in [5.74, 6) is 0. The quantitative estimate of drug-likeness (QED) is 0.793. The van der Waals surface area contributed by atoms with E-state index in [-0.39, 0.29) is 0 Å². The maximum absolute atomic E-state index is 5.37. The van der Waals surface area contributed by atoms with Gasteiger partial charge >= 0.3 is 0 Å². The summed E-state index contributed by atoms with van der Waals surface area (Å²) in [4.78, 5) is 2.46. The van der Waals surface area contributed by atoms with Crippen LogP contribution in [-0.2, 0) is 4.74 Å². The van der Waals surface area contributed by atoms with Gasteiger partial charge in [0.1, 0.15) is 0 Å². The van der Waals surface area contributed by atoms with Crippen LogP contribution in [0.25, 0.3) is 6.08 Å². The number of rotatable bonds is 3. The van der Waals surface area contributed by atoms with Gasteiger partial charge in [-0.25, -0.2) is 0 Å². The summed E-state index contributed by atoms with van der Waals surface area (Å²) in [6.45, 7) is 8.21. The molecule has 0 aliphatic carbocycles. The first kappa shape index (κ1) is 12.3. The Balaban J connectivity index is 1.97. The van der Waals surface area contributed by atoms with Crippen LogP contribution in [0.3, 0.4) is 0 Å². The number of aryl methyl sites for hydroxylation is 1. The second-order valence-corrected chi connectivity index (χ2v) is 4.60. The first-order valence-electron chi connectivity index (χ1n) is 6.33. The van der Waals surface area contributed by atoms with Crippen LogP contribution in [0.15, 0.2) is 30.3 Å². The van der Waals surface area contributed by atoms with Gasteiger partial charge in [0.25, 0.3) is 0 Å². The molecular formula is C15H21NO. The third kappa shape index (κ3) is 3.42. The summed E-state index contributed by atoms with van der Waals surface area (Å²) in [7, 11) is 0. The van der Waals surface area contributed by atoms with E-state index in [0.29, 0.717) is 6.04 Å². The normalized spacial score (nSPS) is 19.6. The average Bonchev–Trinajstić information content (AvgIpc) is 2.38. The van der Waals surface area contributed by atoms with Crippen LogP contribution < -0.4 is 0 Å². The van der Waals surface area contributed by atoms with Crippen molar-refractivity contribution in [3.05, 3.63) is 41.5 Å². The van der Waals surface area contributed by atoms with Gasteiger partial charge in [0.05, 0.1) is 13.2 Å². The smallest absolute Gasteiger partial charge is 0.0594 e. The first-order chi connectivity index (χ1) is 8.27. The Morgan fingerprint density at radius 3 is 2.65 bits per heavy atom. The Morgan fingerprint density at radius 1 is 1.24 bits per heavy atom. The van der Waals surface area contributed by atoms with Gasteiger partial charge < -0.3 is 4.74 Å². The summed E-state index contributed by atoms with van der Waals surface area (Å²) in [5.41, 5.74) is 2.64. The van der Waals surface area contributed by atoms with Crippen molar-refractivity contribution in [3.63, 3.8) is 0 Å². The monoisotopic (exact) mass is 231 g/mol. The fourth-order valence-electron chi connectivity index (χ4n) is 2.12. The highest BCUT2D eigenvalue weighted by molar-refractivity contribution is 5.53. The molecule has 1 fully saturated rings. The molecular weight excluding hydrogens is 210 g/mol. The Kier molecular flexibility index (Phi) is 4.35. The van der Waals surface area contributed by atoms with Gasteiger partial charge in [0.2, 0.25) is 0 Å². The molecule has 1 aliphatic rings. The molecule has 1 aliphatic heterocycles. The fourth-order valence-corrected chi connectivity index (χ4v) is 2.12. The molecule has 1 heterocycles. The van der Waals surface area contributed by atoms with Gasteiger partial charge in [0, 0.05) is 19.1 Å². The van der Waals surface area contributed by atoms with E-state index < -0.39 is 0 Å². The van der Waals surface area contributed by atoms with Gasteiger partial charge in [0.15, 0.2) is 0 Å². The van der Waals surface area contributed by atoms with E-state index in [9.17, 15) is 0 Å². The van der Waals surface area contributed by atoms with Crippen molar-refractivity contribution in [2.24, 2.45) is 0 Å². The minimum Gasteiger partial charge on any atom is -0.379 e. The highest BCUT2D eigenvalue weighted by Crippen LogP contribution is 2.11. The topological polar surface area (TPSA) is 12.5 Å². The molecule has 1 unspecified atom stereocenters. The van der Waals surface area contributed by atoms with Crippen LogP contribution in [0.1, 0.15) is 18.1 Å². The molecule has 2 heteroatoms. The maximum atomic E-state index is 5.37. The van der Waals surface area contributed by atoms with Crippen LogP contribution in [0, 0.1) is 6.92 Å². The zero-order valence-corrected chi connectivity index (χ0v) is 10.7. The summed E-state index contributed by atoms with van der Waals surface area (Å²) >= 11 is 0. The third-order valence-corrected chi connectivity index (χ3v) is 3.36. The van der Waals surface area contributed by atoms with Gasteiger partial charge in [-0.1, -0.05) is 36.4 Å². The predicted octanol–water partition coefficient (Wildman–Crippen LogP) is 2.73. The van der Waals surface area contributed by atoms with Crippen LogP contribution in [-0.4, -0.2) is 37.2 Å². The molecule has 2 nitrogen and oxygen atoms in total. The Hall–Kier alpha value is -1.12. The summed E-state index contributed by atoms with van der Waals surface area (Å²) in [5, 5.41) is 0. The molecule has 17 heavy (non-hydrogen) atoms. The molecule has 0 spiro atoms. The van der Waals surface area contributed by atoms with E-state index >= 15 is 0 Å². The second-order valence-electron chi connectivity index (χ2n) is 4.60. The molecule has 0 amide bonds. The average molecular weight is 231 g/mol. The number of nitrogens with zero attached hydrogens (tertiary/aromatic N) is 1. The molecule has 1 atom stereocenters. The van der Waals surface area contributed by atoms with Gasteiger partial charge in [-0.3, -0.25) is 4.90 Å². The van der Waals surface area contributed by atoms with E-state index in [1.807, 2.05) is 0 Å². The second kappa shape index (κ2) is 5.99. The molecule has 1 aromatic rings. The van der Waals surface area contributed by atoms with Crippen LogP contribution in [0.2, 0.25) is 0 Å². The Morgan fingerprint density at radius 2 is 1.94 bits per heavy atom. The van der Waals surface area contributed by atoms with E-state index in [1.54, 1.807) is 0 Å². The number of hydrogen-bond donors (Lipinski definition) is 0. The van der Waals surface area contributed by atoms with E-state index in [0.717, 1.165) is 26.3 Å². The largest absolute Gasteiger partial charge is 0.379 e. The molecule has 0 N–H and O–H groups in total. The van der Waals surface area contributed by atoms with E-state index in [2.05, 4.69) is 55.2 Å². The standard InChI is InChI=1S/C15H21NO/c1-13-5-3-4-6-15(13)8-7-14(2)16-9-11-17-12-10-16/h3-8,14H,9-12H2,1-2H3/b8-7-. The van der Waals surface area contributed by atoms with E-state index in [1.165, 1.54) is 11.1 Å². The molecule has 0 aromatic heterocycles. The van der Waals surface area contributed by atoms with Gasteiger partial charge in [-0.15, -0.1) is 0 Å². The zero-order valence-electron chi connectivity index (χ0n) is 10.7. The van der Waals surface area contributed by atoms with Gasteiger partial charge in [-0.05, 0) is 25.0 Å². The lowest BCUT2D eigenvalue weighted by Gasteiger charge is -2.30. The molecule has 0 saturated carbocycles. The lowest BCUT2D eigenvalue weighted by molar-refractivity contribution is 0.0288. The van der Waals surface area contributed by atoms with Crippen LogP contribution in [0.5, 0.6) is 0 Å². The highest BCUT2D eigenvalue weighted by atomic mass is 16.5. The number of hydrogen-bond acceptors (Lipinski definition) is 2. The SMILES string of the molecule is Cc1ccccc1/C=C\C(C)N1CCOCC1. The van der Waals surface area contributed by atoms with Crippen molar-refractivity contribution in [2.45, 2.75) is 19.9 Å². The molecule has 2 rings (SSSR count). The first-order valence-corrected chi connectivity index (χ1v) is 6.33. The van der Waals surface area contributed by atoms with Gasteiger partial charge in [-0.2, -0.15) is 0 Å². The summed E-state index contributed by atoms with van der Waals surface area (Å²) in [6.07, 6.45) is 4.52. The van der Waals surface area contributed by atoms with Crippen molar-refractivity contribution < 1.29 is 4.74 Å². The predicted molar refractivity (Wildman–Crippen MR) is 72.1 cm³/mol. The summed E-state index contributed by atoms with van der Waals surface area (Å²) in [6, 6.07) is 8.97. The van der Waals surface area contributed by atoms with Crippen LogP contribution >= 0.6 is 0 Å². The van der Waals surface area contributed by atoms with Crippen molar-refractivity contribution in [3.8, 4) is 0 Å². The molecule has 1 aromatic carbocycles. The highest BCUT2D eigenvalue weighted by Gasteiger charge is 2.14. The third-order valence-electron chi connectivity index (χ3n) is 3.36. The fraction of sp³-hybridized carbons (Fsp3) is 0.467. The maximum Gasteiger partial charge on any atom is 0.0594 e. The molecule has 1 saturated heterocycles. The molecule has 92 valence electrons. The molecule has 0 radical (unpaired) electrons. The van der Waals surface area contributed by atoms with E-state index in [4.69, 9.17) is 4.74 Å². The minimum absolute atomic E-state index is 0.485. The molecule has 0 bridgehead atoms.